The summed E-state index contributed by atoms with van der Waals surface area (Å²) in [5.41, 5.74) is 1.59. The van der Waals surface area contributed by atoms with Crippen LogP contribution < -0.4 is 5.32 Å². The predicted octanol–water partition coefficient (Wildman–Crippen LogP) is 5.63. The first-order valence-electron chi connectivity index (χ1n) is 9.87. The number of imidazole rings is 1. The molecule has 32 heavy (non-hydrogen) atoms. The van der Waals surface area contributed by atoms with E-state index in [0.29, 0.717) is 11.5 Å². The lowest BCUT2D eigenvalue weighted by Crippen LogP contribution is -2.05. The van der Waals surface area contributed by atoms with Crippen LogP contribution in [0, 0.1) is 5.82 Å². The highest BCUT2D eigenvalue weighted by molar-refractivity contribution is 7.26. The van der Waals surface area contributed by atoms with Crippen molar-refractivity contribution in [2.75, 3.05) is 5.32 Å². The normalized spacial score (nSPS) is 11.7. The molecule has 0 saturated heterocycles. The number of rotatable bonds is 5. The zero-order valence-corrected chi connectivity index (χ0v) is 18.1. The molecule has 0 aliphatic rings. The summed E-state index contributed by atoms with van der Waals surface area (Å²) < 4.78 is 18.6. The number of aromatic nitrogens is 6. The van der Waals surface area contributed by atoms with E-state index in [1.807, 2.05) is 21.5 Å². The van der Waals surface area contributed by atoms with E-state index in [0.717, 1.165) is 44.3 Å². The van der Waals surface area contributed by atoms with Crippen LogP contribution in [0.5, 0.6) is 0 Å². The Kier molecular flexibility index (Phi) is 4.51. The number of thiophene rings is 1. The predicted molar refractivity (Wildman–Crippen MR) is 125 cm³/mol. The molecule has 6 rings (SSSR count). The number of hydrogen-bond donors (Lipinski definition) is 1. The monoisotopic (exact) mass is 463 g/mol. The fourth-order valence-electron chi connectivity index (χ4n) is 3.77. The maximum Gasteiger partial charge on any atom is 0.143 e. The average Bonchev–Trinajstić information content (AvgIpc) is 3.52. The Labute approximate surface area is 190 Å². The minimum Gasteiger partial charge on any atom is -0.340 e. The van der Waals surface area contributed by atoms with Crippen molar-refractivity contribution in [1.82, 2.24) is 29.3 Å². The third kappa shape index (κ3) is 3.26. The Morgan fingerprint density at radius 3 is 2.88 bits per heavy atom. The molecule has 6 aromatic rings. The number of anilines is 2. The molecule has 4 heterocycles. The van der Waals surface area contributed by atoms with E-state index in [9.17, 15) is 4.39 Å². The van der Waals surface area contributed by atoms with Crippen LogP contribution >= 0.6 is 22.9 Å². The van der Waals surface area contributed by atoms with E-state index in [1.165, 1.54) is 12.4 Å². The fourth-order valence-corrected chi connectivity index (χ4v) is 5.10. The van der Waals surface area contributed by atoms with Crippen molar-refractivity contribution in [2.45, 2.75) is 13.1 Å². The van der Waals surface area contributed by atoms with Crippen molar-refractivity contribution in [3.63, 3.8) is 0 Å². The van der Waals surface area contributed by atoms with Gasteiger partial charge in [-0.2, -0.15) is 5.10 Å². The molecule has 0 aliphatic heterocycles. The molecule has 7 nitrogen and oxygen atoms in total. The molecule has 1 N–H and O–H groups in total. The van der Waals surface area contributed by atoms with Gasteiger partial charge < -0.3 is 9.88 Å². The first kappa shape index (κ1) is 19.1. The van der Waals surface area contributed by atoms with Gasteiger partial charge in [0.2, 0.25) is 0 Å². The quantitative estimate of drug-likeness (QED) is 0.359. The number of halogens is 2. The highest BCUT2D eigenvalue weighted by Gasteiger charge is 2.16. The van der Waals surface area contributed by atoms with E-state index < -0.39 is 5.82 Å². The second kappa shape index (κ2) is 7.54. The molecule has 0 spiro atoms. The molecule has 0 atom stereocenters. The molecule has 158 valence electrons. The molecule has 0 unspecified atom stereocenters. The van der Waals surface area contributed by atoms with Crippen molar-refractivity contribution >= 4 is 65.6 Å². The standard InChI is InChI=1S/C22H15ClFN7S/c23-16-9-13(1-3-17(16)24)28-21-19-14-2-4-18-15(20(14)32-22(19)27-11-26-21)10-31(29-18)8-7-30-6-5-25-12-30/h1-6,9-12H,7-8H2,(H,26,27,28). The van der Waals surface area contributed by atoms with Crippen molar-refractivity contribution in [2.24, 2.45) is 0 Å². The van der Waals surface area contributed by atoms with Crippen LogP contribution in [0.4, 0.5) is 15.9 Å². The van der Waals surface area contributed by atoms with Crippen molar-refractivity contribution in [1.29, 1.82) is 0 Å². The molecule has 2 aromatic carbocycles. The topological polar surface area (TPSA) is 73.5 Å². The van der Waals surface area contributed by atoms with Gasteiger partial charge in [0.1, 0.15) is 22.8 Å². The van der Waals surface area contributed by atoms with Crippen LogP contribution in [0.2, 0.25) is 5.02 Å². The van der Waals surface area contributed by atoms with Crippen molar-refractivity contribution in [3.05, 3.63) is 72.4 Å². The maximum absolute atomic E-state index is 13.5. The van der Waals surface area contributed by atoms with E-state index in [2.05, 4.69) is 32.5 Å². The van der Waals surface area contributed by atoms with Gasteiger partial charge in [0.15, 0.2) is 0 Å². The number of nitrogens with one attached hydrogen (secondary N) is 1. The number of nitrogens with zero attached hydrogens (tertiary/aromatic N) is 6. The molecular formula is C22H15ClFN7S. The third-order valence-corrected chi connectivity index (χ3v) is 6.73. The van der Waals surface area contributed by atoms with Crippen LogP contribution in [-0.4, -0.2) is 29.3 Å². The van der Waals surface area contributed by atoms with Crippen LogP contribution in [0.25, 0.3) is 31.2 Å². The van der Waals surface area contributed by atoms with Gasteiger partial charge >= 0.3 is 0 Å². The molecule has 0 amide bonds. The Balaban J connectivity index is 1.43. The lowest BCUT2D eigenvalue weighted by atomic mass is 10.1. The smallest absolute Gasteiger partial charge is 0.143 e. The molecule has 0 bridgehead atoms. The van der Waals surface area contributed by atoms with Crippen molar-refractivity contribution < 1.29 is 4.39 Å². The van der Waals surface area contributed by atoms with E-state index >= 15 is 0 Å². The van der Waals surface area contributed by atoms with Gasteiger partial charge in [0.05, 0.1) is 28.8 Å². The summed E-state index contributed by atoms with van der Waals surface area (Å²) in [6.07, 6.45) is 9.11. The second-order valence-corrected chi connectivity index (χ2v) is 8.73. The molecule has 0 radical (unpaired) electrons. The number of hydrogen-bond acceptors (Lipinski definition) is 6. The van der Waals surface area contributed by atoms with Crippen LogP contribution in [0.1, 0.15) is 0 Å². The molecule has 10 heteroatoms. The number of aryl methyl sites for hydroxylation is 2. The highest BCUT2D eigenvalue weighted by atomic mass is 35.5. The van der Waals surface area contributed by atoms with Gasteiger partial charge in [-0.3, -0.25) is 4.68 Å². The lowest BCUT2D eigenvalue weighted by molar-refractivity contribution is 0.537. The first-order valence-corrected chi connectivity index (χ1v) is 11.1. The van der Waals surface area contributed by atoms with Gasteiger partial charge in [-0.25, -0.2) is 19.3 Å². The van der Waals surface area contributed by atoms with E-state index in [-0.39, 0.29) is 5.02 Å². The summed E-state index contributed by atoms with van der Waals surface area (Å²) in [5, 5.41) is 11.1. The number of fused-ring (bicyclic) bond motifs is 5. The first-order chi connectivity index (χ1) is 15.7. The second-order valence-electron chi connectivity index (χ2n) is 7.33. The Hall–Kier alpha value is -3.56. The molecule has 0 aliphatic carbocycles. The summed E-state index contributed by atoms with van der Waals surface area (Å²) in [6, 6.07) is 8.57. The van der Waals surface area contributed by atoms with Crippen LogP contribution in [-0.2, 0) is 13.1 Å². The van der Waals surface area contributed by atoms with E-state index in [1.54, 1.807) is 36.0 Å². The van der Waals surface area contributed by atoms with Gasteiger partial charge in [-0.05, 0) is 24.3 Å². The summed E-state index contributed by atoms with van der Waals surface area (Å²) in [5.74, 6) is 0.189. The van der Waals surface area contributed by atoms with E-state index in [4.69, 9.17) is 16.7 Å². The van der Waals surface area contributed by atoms with Gasteiger partial charge in [0.25, 0.3) is 0 Å². The zero-order valence-electron chi connectivity index (χ0n) is 16.5. The highest BCUT2D eigenvalue weighted by Crippen LogP contribution is 2.40. The minimum absolute atomic E-state index is 0.0558. The molecule has 0 fully saturated rings. The average molecular weight is 464 g/mol. The third-order valence-electron chi connectivity index (χ3n) is 5.30. The molecule has 0 saturated carbocycles. The van der Waals surface area contributed by atoms with Crippen molar-refractivity contribution in [3.8, 4) is 0 Å². The Bertz CT molecular complexity index is 1590. The summed E-state index contributed by atoms with van der Waals surface area (Å²) >= 11 is 7.54. The van der Waals surface area contributed by atoms with Gasteiger partial charge in [-0.1, -0.05) is 17.7 Å². The van der Waals surface area contributed by atoms with Crippen LogP contribution in [0.3, 0.4) is 0 Å². The summed E-state index contributed by atoms with van der Waals surface area (Å²) in [4.78, 5) is 13.9. The SMILES string of the molecule is Fc1ccc(Nc2ncnc3sc4c5cn(CCn6ccnc6)nc5ccc4c23)cc1Cl. The Morgan fingerprint density at radius 1 is 1.09 bits per heavy atom. The number of benzene rings is 2. The minimum atomic E-state index is -0.460. The van der Waals surface area contributed by atoms with Gasteiger partial charge in [0, 0.05) is 46.3 Å². The zero-order chi connectivity index (χ0) is 21.7. The molecule has 4 aromatic heterocycles. The molecular weight excluding hydrogens is 449 g/mol. The maximum atomic E-state index is 13.5. The fraction of sp³-hybridized carbons (Fsp3) is 0.0909. The lowest BCUT2D eigenvalue weighted by Gasteiger charge is -2.07. The van der Waals surface area contributed by atoms with Crippen LogP contribution in [0.15, 0.2) is 61.6 Å². The Morgan fingerprint density at radius 2 is 2.03 bits per heavy atom. The summed E-state index contributed by atoms with van der Waals surface area (Å²) in [6.45, 7) is 1.54. The van der Waals surface area contributed by atoms with Gasteiger partial charge in [-0.15, -0.1) is 11.3 Å². The largest absolute Gasteiger partial charge is 0.340 e. The summed E-state index contributed by atoms with van der Waals surface area (Å²) in [7, 11) is 0.